The summed E-state index contributed by atoms with van der Waals surface area (Å²) in [5.74, 6) is 0.909. The second-order valence-corrected chi connectivity index (χ2v) is 4.62. The molecule has 0 spiro atoms. The van der Waals surface area contributed by atoms with Crippen molar-refractivity contribution < 1.29 is 8.92 Å². The Morgan fingerprint density at radius 1 is 0.882 bits per heavy atom. The molecule has 2 aromatic rings. The van der Waals surface area contributed by atoms with E-state index >= 15 is 0 Å². The topological polar surface area (TPSA) is 18.5 Å². The van der Waals surface area contributed by atoms with Gasteiger partial charge in [0.05, 0.1) is 11.5 Å². The van der Waals surface area contributed by atoms with Crippen LogP contribution in [0, 0.1) is 0 Å². The van der Waals surface area contributed by atoms with E-state index in [2.05, 4.69) is 24.3 Å². The van der Waals surface area contributed by atoms with E-state index in [0.29, 0.717) is 13.2 Å². The SMILES string of the molecule is c1ccc(-c2ccc3c(c2)SOCCO3)cc1. The zero-order valence-corrected chi connectivity index (χ0v) is 10.1. The van der Waals surface area contributed by atoms with Crippen molar-refractivity contribution in [3.8, 4) is 16.9 Å². The van der Waals surface area contributed by atoms with Gasteiger partial charge < -0.3 is 8.92 Å². The normalized spacial score (nSPS) is 14.6. The average molecular weight is 244 g/mol. The molecule has 2 aromatic carbocycles. The van der Waals surface area contributed by atoms with Gasteiger partial charge in [0.15, 0.2) is 0 Å². The number of hydrogen-bond acceptors (Lipinski definition) is 3. The largest absolute Gasteiger partial charge is 0.490 e. The van der Waals surface area contributed by atoms with Crippen molar-refractivity contribution in [1.29, 1.82) is 0 Å². The molecule has 2 nitrogen and oxygen atoms in total. The molecular formula is C14H12O2S. The molecule has 1 heterocycles. The fourth-order valence-corrected chi connectivity index (χ4v) is 2.46. The van der Waals surface area contributed by atoms with Crippen LogP contribution in [0.1, 0.15) is 0 Å². The molecule has 1 aliphatic rings. The fraction of sp³-hybridized carbons (Fsp3) is 0.143. The van der Waals surface area contributed by atoms with Crippen LogP contribution in [0.15, 0.2) is 53.4 Å². The Kier molecular flexibility index (Phi) is 3.03. The molecule has 0 radical (unpaired) electrons. The molecule has 0 saturated carbocycles. The van der Waals surface area contributed by atoms with E-state index in [9.17, 15) is 0 Å². The monoisotopic (exact) mass is 244 g/mol. The molecule has 0 N–H and O–H groups in total. The molecule has 0 amide bonds. The lowest BCUT2D eigenvalue weighted by atomic mass is 10.1. The highest BCUT2D eigenvalue weighted by Crippen LogP contribution is 2.35. The van der Waals surface area contributed by atoms with E-state index in [0.717, 1.165) is 10.6 Å². The van der Waals surface area contributed by atoms with Crippen LogP contribution in [-0.2, 0) is 4.18 Å². The summed E-state index contributed by atoms with van der Waals surface area (Å²) in [4.78, 5) is 1.05. The van der Waals surface area contributed by atoms with Crippen LogP contribution in [-0.4, -0.2) is 13.2 Å². The zero-order valence-electron chi connectivity index (χ0n) is 9.26. The third-order valence-electron chi connectivity index (χ3n) is 2.62. The molecule has 0 aliphatic carbocycles. The summed E-state index contributed by atoms with van der Waals surface area (Å²) >= 11 is 1.39. The molecule has 0 bridgehead atoms. The summed E-state index contributed by atoms with van der Waals surface area (Å²) in [5, 5.41) is 0. The van der Waals surface area contributed by atoms with Gasteiger partial charge in [-0.1, -0.05) is 36.4 Å². The van der Waals surface area contributed by atoms with Gasteiger partial charge in [-0.3, -0.25) is 0 Å². The molecule has 3 heteroatoms. The Bertz CT molecular complexity index is 511. The van der Waals surface area contributed by atoms with E-state index < -0.39 is 0 Å². The van der Waals surface area contributed by atoms with Crippen LogP contribution >= 0.6 is 12.0 Å². The Hall–Kier alpha value is -1.45. The average Bonchev–Trinajstić information content (AvgIpc) is 2.64. The first-order valence-electron chi connectivity index (χ1n) is 5.55. The van der Waals surface area contributed by atoms with E-state index in [-0.39, 0.29) is 0 Å². The zero-order chi connectivity index (χ0) is 11.5. The summed E-state index contributed by atoms with van der Waals surface area (Å²) in [6, 6.07) is 16.5. The van der Waals surface area contributed by atoms with Gasteiger partial charge in [0.2, 0.25) is 0 Å². The first kappa shape index (κ1) is 10.7. The molecule has 86 valence electrons. The Morgan fingerprint density at radius 2 is 1.76 bits per heavy atom. The molecule has 17 heavy (non-hydrogen) atoms. The van der Waals surface area contributed by atoms with Crippen molar-refractivity contribution in [1.82, 2.24) is 0 Å². The molecule has 0 saturated heterocycles. The van der Waals surface area contributed by atoms with E-state index in [1.54, 1.807) is 0 Å². The summed E-state index contributed by atoms with van der Waals surface area (Å²) in [5.41, 5.74) is 2.39. The summed E-state index contributed by atoms with van der Waals surface area (Å²) < 4.78 is 11.0. The smallest absolute Gasteiger partial charge is 0.135 e. The Morgan fingerprint density at radius 3 is 2.65 bits per heavy atom. The van der Waals surface area contributed by atoms with Crippen molar-refractivity contribution in [2.45, 2.75) is 4.90 Å². The maximum atomic E-state index is 5.59. The van der Waals surface area contributed by atoms with Crippen molar-refractivity contribution >= 4 is 12.0 Å². The van der Waals surface area contributed by atoms with Gasteiger partial charge in [-0.05, 0) is 23.3 Å². The summed E-state index contributed by atoms with van der Waals surface area (Å²) in [6.45, 7) is 1.24. The van der Waals surface area contributed by atoms with Gasteiger partial charge in [0.1, 0.15) is 12.4 Å². The molecule has 1 aliphatic heterocycles. The predicted molar refractivity (Wildman–Crippen MR) is 69.2 cm³/mol. The molecular weight excluding hydrogens is 232 g/mol. The summed E-state index contributed by atoms with van der Waals surface area (Å²) in [7, 11) is 0. The number of hydrogen-bond donors (Lipinski definition) is 0. The van der Waals surface area contributed by atoms with Gasteiger partial charge in [0.25, 0.3) is 0 Å². The van der Waals surface area contributed by atoms with E-state index in [4.69, 9.17) is 8.92 Å². The minimum atomic E-state index is 0.616. The third kappa shape index (κ3) is 2.30. The van der Waals surface area contributed by atoms with Crippen molar-refractivity contribution in [2.75, 3.05) is 13.2 Å². The number of ether oxygens (including phenoxy) is 1. The molecule has 0 unspecified atom stereocenters. The Labute approximate surface area is 105 Å². The predicted octanol–water partition coefficient (Wildman–Crippen LogP) is 3.77. The van der Waals surface area contributed by atoms with Crippen LogP contribution in [0.3, 0.4) is 0 Å². The second kappa shape index (κ2) is 4.82. The Balaban J connectivity index is 2.00. The van der Waals surface area contributed by atoms with Gasteiger partial charge in [-0.15, -0.1) is 0 Å². The second-order valence-electron chi connectivity index (χ2n) is 3.78. The number of benzene rings is 2. The summed E-state index contributed by atoms with van der Waals surface area (Å²) in [6.07, 6.45) is 0. The third-order valence-corrected chi connectivity index (χ3v) is 3.41. The maximum Gasteiger partial charge on any atom is 0.135 e. The lowest BCUT2D eigenvalue weighted by Gasteiger charge is -2.07. The highest BCUT2D eigenvalue weighted by molar-refractivity contribution is 7.94. The minimum absolute atomic E-state index is 0.616. The van der Waals surface area contributed by atoms with Crippen molar-refractivity contribution in [3.05, 3.63) is 48.5 Å². The van der Waals surface area contributed by atoms with Gasteiger partial charge in [-0.25, -0.2) is 0 Å². The standard InChI is InChI=1S/C14H12O2S/c1-2-4-11(5-3-1)12-6-7-13-14(10-12)17-16-9-8-15-13/h1-7,10H,8-9H2. The van der Waals surface area contributed by atoms with E-state index in [1.807, 2.05) is 24.3 Å². The molecule has 3 rings (SSSR count). The molecule has 0 aromatic heterocycles. The first-order valence-corrected chi connectivity index (χ1v) is 6.29. The highest BCUT2D eigenvalue weighted by Gasteiger charge is 2.11. The number of fused-ring (bicyclic) bond motifs is 1. The first-order chi connectivity index (χ1) is 8.43. The van der Waals surface area contributed by atoms with Crippen LogP contribution in [0.25, 0.3) is 11.1 Å². The van der Waals surface area contributed by atoms with Crippen LogP contribution in [0.4, 0.5) is 0 Å². The highest BCUT2D eigenvalue weighted by atomic mass is 32.2. The van der Waals surface area contributed by atoms with Crippen molar-refractivity contribution in [3.63, 3.8) is 0 Å². The maximum absolute atomic E-state index is 5.59. The van der Waals surface area contributed by atoms with Gasteiger partial charge >= 0.3 is 0 Å². The molecule has 0 atom stereocenters. The van der Waals surface area contributed by atoms with Gasteiger partial charge in [-0.2, -0.15) is 0 Å². The minimum Gasteiger partial charge on any atom is -0.490 e. The van der Waals surface area contributed by atoms with E-state index in [1.165, 1.54) is 23.2 Å². The number of rotatable bonds is 1. The van der Waals surface area contributed by atoms with Crippen LogP contribution in [0.2, 0.25) is 0 Å². The van der Waals surface area contributed by atoms with Crippen LogP contribution < -0.4 is 4.74 Å². The lowest BCUT2D eigenvalue weighted by Crippen LogP contribution is -2.00. The van der Waals surface area contributed by atoms with Crippen LogP contribution in [0.5, 0.6) is 5.75 Å². The fourth-order valence-electron chi connectivity index (χ4n) is 1.79. The molecule has 0 fully saturated rings. The lowest BCUT2D eigenvalue weighted by molar-refractivity contribution is 0.246. The quantitative estimate of drug-likeness (QED) is 0.711. The van der Waals surface area contributed by atoms with Crippen molar-refractivity contribution in [2.24, 2.45) is 0 Å². The van der Waals surface area contributed by atoms with Gasteiger partial charge in [0, 0.05) is 12.0 Å².